The summed E-state index contributed by atoms with van der Waals surface area (Å²) in [4.78, 5) is 18.5. The van der Waals surface area contributed by atoms with Gasteiger partial charge in [0, 0.05) is 0 Å². The van der Waals surface area contributed by atoms with Crippen LogP contribution in [0, 0.1) is 11.6 Å². The van der Waals surface area contributed by atoms with Crippen LogP contribution in [0.15, 0.2) is 41.2 Å². The normalized spacial score (nSPS) is 10.9. The number of hydrogen-bond acceptors (Lipinski definition) is 2. The van der Waals surface area contributed by atoms with Gasteiger partial charge in [0.15, 0.2) is 5.82 Å². The molecule has 0 aliphatic carbocycles. The van der Waals surface area contributed by atoms with Crippen LogP contribution in [0.3, 0.4) is 0 Å². The van der Waals surface area contributed by atoms with Gasteiger partial charge >= 0.3 is 0 Å². The molecular weight excluding hydrogens is 286 g/mol. The third kappa shape index (κ3) is 1.96. The van der Waals surface area contributed by atoms with E-state index in [0.717, 1.165) is 6.07 Å². The third-order valence-electron chi connectivity index (χ3n) is 2.90. The first-order valence-electron chi connectivity index (χ1n) is 5.71. The van der Waals surface area contributed by atoms with Crippen LogP contribution in [-0.4, -0.2) is 9.97 Å². The Hall–Kier alpha value is -2.27. The van der Waals surface area contributed by atoms with Gasteiger partial charge in [0.25, 0.3) is 5.56 Å². The number of fused-ring (bicyclic) bond motifs is 1. The molecule has 3 rings (SSSR count). The molecule has 0 saturated heterocycles. The highest BCUT2D eigenvalue weighted by molar-refractivity contribution is 6.31. The summed E-state index contributed by atoms with van der Waals surface area (Å²) in [6.45, 7) is 0. The molecule has 0 bridgehead atoms. The second-order valence-corrected chi connectivity index (χ2v) is 4.53. The van der Waals surface area contributed by atoms with E-state index in [-0.39, 0.29) is 11.4 Å². The summed E-state index contributed by atoms with van der Waals surface area (Å²) in [5.41, 5.74) is -0.0317. The quantitative estimate of drug-likeness (QED) is 0.698. The maximum absolute atomic E-state index is 13.9. The van der Waals surface area contributed by atoms with Crippen molar-refractivity contribution in [3.8, 4) is 11.4 Å². The van der Waals surface area contributed by atoms with Crippen molar-refractivity contribution in [1.82, 2.24) is 9.97 Å². The topological polar surface area (TPSA) is 45.8 Å². The lowest BCUT2D eigenvalue weighted by atomic mass is 10.1. The fourth-order valence-electron chi connectivity index (χ4n) is 1.92. The Kier molecular flexibility index (Phi) is 2.99. The summed E-state index contributed by atoms with van der Waals surface area (Å²) in [5, 5.41) is -0.233. The third-order valence-corrected chi connectivity index (χ3v) is 3.25. The molecule has 0 radical (unpaired) electrons. The van der Waals surface area contributed by atoms with Gasteiger partial charge in [-0.1, -0.05) is 23.7 Å². The van der Waals surface area contributed by atoms with Crippen molar-refractivity contribution in [2.45, 2.75) is 0 Å². The van der Waals surface area contributed by atoms with E-state index >= 15 is 0 Å². The number of rotatable bonds is 1. The monoisotopic (exact) mass is 292 g/mol. The molecule has 3 aromatic rings. The van der Waals surface area contributed by atoms with Gasteiger partial charge in [-0.3, -0.25) is 4.79 Å². The predicted octanol–water partition coefficient (Wildman–Crippen LogP) is 3.52. The highest BCUT2D eigenvalue weighted by Gasteiger charge is 2.15. The number of hydrogen-bond donors (Lipinski definition) is 1. The van der Waals surface area contributed by atoms with Crippen molar-refractivity contribution in [3.63, 3.8) is 0 Å². The molecule has 2 aromatic carbocycles. The zero-order valence-corrected chi connectivity index (χ0v) is 10.7. The van der Waals surface area contributed by atoms with Gasteiger partial charge in [0.1, 0.15) is 16.7 Å². The van der Waals surface area contributed by atoms with Crippen LogP contribution in [0.5, 0.6) is 0 Å². The second kappa shape index (κ2) is 4.68. The summed E-state index contributed by atoms with van der Waals surface area (Å²) in [5.74, 6) is -1.81. The summed E-state index contributed by atoms with van der Waals surface area (Å²) in [7, 11) is 0. The molecule has 0 spiro atoms. The number of para-hydroxylation sites is 1. The van der Waals surface area contributed by atoms with Crippen LogP contribution < -0.4 is 5.56 Å². The Morgan fingerprint density at radius 1 is 1.10 bits per heavy atom. The molecule has 0 amide bonds. The number of halogens is 3. The van der Waals surface area contributed by atoms with Crippen LogP contribution in [-0.2, 0) is 0 Å². The maximum Gasteiger partial charge on any atom is 0.259 e. The van der Waals surface area contributed by atoms with Gasteiger partial charge in [0.2, 0.25) is 0 Å². The lowest BCUT2D eigenvalue weighted by Crippen LogP contribution is -2.10. The standard InChI is InChI=1S/C14H7ClF2N2O/c15-11-9(16)6-5-8(12(11)17)13-18-10-4-2-1-3-7(10)14(20)19-13/h1-6H,(H,18,19,20). The summed E-state index contributed by atoms with van der Waals surface area (Å²) in [6, 6.07) is 8.87. The van der Waals surface area contributed by atoms with Crippen LogP contribution >= 0.6 is 11.6 Å². The van der Waals surface area contributed by atoms with Crippen LogP contribution in [0.4, 0.5) is 8.78 Å². The van der Waals surface area contributed by atoms with Crippen molar-refractivity contribution >= 4 is 22.5 Å². The van der Waals surface area contributed by atoms with Crippen molar-refractivity contribution in [2.75, 3.05) is 0 Å². The van der Waals surface area contributed by atoms with Gasteiger partial charge < -0.3 is 4.98 Å². The molecule has 0 fully saturated rings. The lowest BCUT2D eigenvalue weighted by Gasteiger charge is -2.06. The largest absolute Gasteiger partial charge is 0.306 e. The zero-order chi connectivity index (χ0) is 14.3. The van der Waals surface area contributed by atoms with Crippen molar-refractivity contribution in [1.29, 1.82) is 0 Å². The molecule has 100 valence electrons. The highest BCUT2D eigenvalue weighted by atomic mass is 35.5. The molecule has 0 aliphatic heterocycles. The molecule has 20 heavy (non-hydrogen) atoms. The van der Waals surface area contributed by atoms with Gasteiger partial charge in [0.05, 0.1) is 16.5 Å². The zero-order valence-electron chi connectivity index (χ0n) is 9.95. The van der Waals surface area contributed by atoms with E-state index in [1.165, 1.54) is 6.07 Å². The number of aromatic nitrogens is 2. The first kappa shape index (κ1) is 12.7. The lowest BCUT2D eigenvalue weighted by molar-refractivity contribution is 0.585. The molecule has 0 atom stereocenters. The van der Waals surface area contributed by atoms with Gasteiger partial charge in [-0.25, -0.2) is 13.8 Å². The second-order valence-electron chi connectivity index (χ2n) is 4.15. The average molecular weight is 293 g/mol. The van der Waals surface area contributed by atoms with E-state index in [2.05, 4.69) is 9.97 Å². The minimum absolute atomic E-state index is 0.00750. The fourth-order valence-corrected chi connectivity index (χ4v) is 2.09. The molecular formula is C14H7ClF2N2O. The Bertz CT molecular complexity index is 877. The molecule has 1 aromatic heterocycles. The fraction of sp³-hybridized carbons (Fsp3) is 0. The number of nitrogens with one attached hydrogen (secondary N) is 1. The Morgan fingerprint density at radius 2 is 1.85 bits per heavy atom. The SMILES string of the molecule is O=c1[nH]c(-c2ccc(F)c(Cl)c2F)nc2ccccc12. The smallest absolute Gasteiger partial charge is 0.259 e. The van der Waals surface area contributed by atoms with Crippen molar-refractivity contribution in [3.05, 3.63) is 63.4 Å². The number of H-pyrrole nitrogens is 1. The average Bonchev–Trinajstić information content (AvgIpc) is 2.45. The molecule has 6 heteroatoms. The molecule has 1 heterocycles. The Balaban J connectivity index is 2.31. The Labute approximate surface area is 116 Å². The highest BCUT2D eigenvalue weighted by Crippen LogP contribution is 2.27. The van der Waals surface area contributed by atoms with Crippen molar-refractivity contribution in [2.24, 2.45) is 0 Å². The molecule has 0 unspecified atom stereocenters. The van der Waals surface area contributed by atoms with E-state index in [9.17, 15) is 13.6 Å². The van der Waals surface area contributed by atoms with Gasteiger partial charge in [-0.15, -0.1) is 0 Å². The first-order valence-corrected chi connectivity index (χ1v) is 6.08. The number of aromatic amines is 1. The Morgan fingerprint density at radius 3 is 2.65 bits per heavy atom. The minimum atomic E-state index is -0.954. The maximum atomic E-state index is 13.9. The predicted molar refractivity (Wildman–Crippen MR) is 72.7 cm³/mol. The van der Waals surface area contributed by atoms with Crippen molar-refractivity contribution < 1.29 is 8.78 Å². The first-order chi connectivity index (χ1) is 9.58. The summed E-state index contributed by atoms with van der Waals surface area (Å²) >= 11 is 5.52. The van der Waals surface area contributed by atoms with E-state index in [1.54, 1.807) is 24.3 Å². The van der Waals surface area contributed by atoms with Gasteiger partial charge in [-0.2, -0.15) is 0 Å². The van der Waals surface area contributed by atoms with Crippen LogP contribution in [0.25, 0.3) is 22.3 Å². The molecule has 0 saturated carbocycles. The van der Waals surface area contributed by atoms with E-state index in [4.69, 9.17) is 11.6 Å². The number of nitrogens with zero attached hydrogens (tertiary/aromatic N) is 1. The number of benzene rings is 2. The van der Waals surface area contributed by atoms with Crippen LogP contribution in [0.1, 0.15) is 0 Å². The van der Waals surface area contributed by atoms with Gasteiger partial charge in [-0.05, 0) is 24.3 Å². The van der Waals surface area contributed by atoms with E-state index in [0.29, 0.717) is 10.9 Å². The van der Waals surface area contributed by atoms with E-state index < -0.39 is 22.2 Å². The molecule has 0 aliphatic rings. The van der Waals surface area contributed by atoms with E-state index in [1.807, 2.05) is 0 Å². The minimum Gasteiger partial charge on any atom is -0.306 e. The van der Waals surface area contributed by atoms with Crippen LogP contribution in [0.2, 0.25) is 5.02 Å². The molecule has 3 nitrogen and oxygen atoms in total. The molecule has 1 N–H and O–H groups in total. The summed E-state index contributed by atoms with van der Waals surface area (Å²) in [6.07, 6.45) is 0. The summed E-state index contributed by atoms with van der Waals surface area (Å²) < 4.78 is 27.1.